The molecule has 0 spiro atoms. The summed E-state index contributed by atoms with van der Waals surface area (Å²) < 4.78 is 4.90. The smallest absolute Gasteiger partial charge is 0.270 e. The van der Waals surface area contributed by atoms with Gasteiger partial charge in [0.2, 0.25) is 0 Å². The largest absolute Gasteiger partial charge is 0.364 e. The highest BCUT2D eigenvalue weighted by molar-refractivity contribution is 5.97. The van der Waals surface area contributed by atoms with Gasteiger partial charge in [0.05, 0.1) is 17.4 Å². The molecule has 3 aromatic rings. The van der Waals surface area contributed by atoms with Crippen molar-refractivity contribution in [3.63, 3.8) is 0 Å². The zero-order chi connectivity index (χ0) is 19.5. The number of primary amides is 1. The van der Waals surface area contributed by atoms with E-state index >= 15 is 0 Å². The van der Waals surface area contributed by atoms with Gasteiger partial charge in [-0.1, -0.05) is 5.16 Å². The lowest BCUT2D eigenvalue weighted by molar-refractivity contribution is 0.0724. The third kappa shape index (κ3) is 4.05. The van der Waals surface area contributed by atoms with Crippen LogP contribution < -0.4 is 5.73 Å². The van der Waals surface area contributed by atoms with Gasteiger partial charge in [-0.15, -0.1) is 0 Å². The quantitative estimate of drug-likeness (QED) is 0.723. The molecule has 1 saturated heterocycles. The molecule has 0 bridgehead atoms. The molecule has 0 radical (unpaired) electrons. The number of aromatic nitrogens is 3. The molecular weight excluding hydrogens is 358 g/mol. The standard InChI is InChI=1S/C13H15N3O.C7H8N2O2/c17-13(16-6-2-1-3-7-16)10-4-5-11-12(8-10)15-9-14-11;8-7(10)5-3-6(11-9-5)4-1-2-4/h4-5,8-9H,1-3,6-7H2,(H,14,15);3-4H,1-2H2,(H2,8,10). The molecule has 146 valence electrons. The number of hydrogen-bond donors (Lipinski definition) is 2. The van der Waals surface area contributed by atoms with Crippen LogP contribution in [0.1, 0.15) is 64.6 Å². The van der Waals surface area contributed by atoms with E-state index in [1.54, 1.807) is 12.4 Å². The highest BCUT2D eigenvalue weighted by Gasteiger charge is 2.28. The van der Waals surface area contributed by atoms with Crippen LogP contribution in [0.5, 0.6) is 0 Å². The predicted molar refractivity (Wildman–Crippen MR) is 103 cm³/mol. The van der Waals surface area contributed by atoms with Gasteiger partial charge in [0.15, 0.2) is 5.69 Å². The first-order chi connectivity index (χ1) is 13.6. The minimum atomic E-state index is -0.527. The van der Waals surface area contributed by atoms with E-state index in [9.17, 15) is 9.59 Å². The minimum Gasteiger partial charge on any atom is -0.364 e. The first-order valence-corrected chi connectivity index (χ1v) is 9.60. The van der Waals surface area contributed by atoms with Crippen molar-refractivity contribution in [1.82, 2.24) is 20.0 Å². The number of nitrogens with zero attached hydrogens (tertiary/aromatic N) is 3. The van der Waals surface area contributed by atoms with Crippen molar-refractivity contribution in [3.05, 3.63) is 47.6 Å². The van der Waals surface area contributed by atoms with Crippen LogP contribution in [0, 0.1) is 0 Å². The van der Waals surface area contributed by atoms with Crippen LogP contribution in [0.15, 0.2) is 35.1 Å². The Morgan fingerprint density at radius 3 is 2.61 bits per heavy atom. The fourth-order valence-electron chi connectivity index (χ4n) is 3.31. The molecule has 28 heavy (non-hydrogen) atoms. The van der Waals surface area contributed by atoms with Crippen LogP contribution in [-0.2, 0) is 0 Å². The second-order valence-corrected chi connectivity index (χ2v) is 7.24. The van der Waals surface area contributed by atoms with Crippen LogP contribution in [0.2, 0.25) is 0 Å². The van der Waals surface area contributed by atoms with Gasteiger partial charge in [-0.25, -0.2) is 4.98 Å². The number of benzene rings is 1. The number of carbonyl (C=O) groups is 2. The average molecular weight is 381 g/mol. The third-order valence-electron chi connectivity index (χ3n) is 5.07. The summed E-state index contributed by atoms with van der Waals surface area (Å²) >= 11 is 0. The number of fused-ring (bicyclic) bond motifs is 1. The highest BCUT2D eigenvalue weighted by atomic mass is 16.5. The Kier molecular flexibility index (Phi) is 5.10. The van der Waals surface area contributed by atoms with Gasteiger partial charge in [-0.2, -0.15) is 0 Å². The second-order valence-electron chi connectivity index (χ2n) is 7.24. The molecule has 1 aliphatic heterocycles. The van der Waals surface area contributed by atoms with Gasteiger partial charge in [0.1, 0.15) is 5.76 Å². The molecule has 0 unspecified atom stereocenters. The number of nitrogens with two attached hydrogens (primary N) is 1. The van der Waals surface area contributed by atoms with E-state index < -0.39 is 5.91 Å². The minimum absolute atomic E-state index is 0.140. The lowest BCUT2D eigenvalue weighted by Crippen LogP contribution is -2.35. The molecule has 2 aliphatic rings. The number of H-pyrrole nitrogens is 1. The zero-order valence-corrected chi connectivity index (χ0v) is 15.6. The van der Waals surface area contributed by atoms with Gasteiger partial charge in [-0.3, -0.25) is 9.59 Å². The van der Waals surface area contributed by atoms with Crippen molar-refractivity contribution in [3.8, 4) is 0 Å². The van der Waals surface area contributed by atoms with Crippen molar-refractivity contribution in [1.29, 1.82) is 0 Å². The van der Waals surface area contributed by atoms with Crippen LogP contribution in [-0.4, -0.2) is 44.9 Å². The van der Waals surface area contributed by atoms with E-state index in [-0.39, 0.29) is 11.6 Å². The van der Waals surface area contributed by atoms with Crippen molar-refractivity contribution in [2.24, 2.45) is 5.73 Å². The number of imidazole rings is 1. The number of likely N-dealkylation sites (tertiary alicyclic amines) is 1. The molecule has 2 aromatic heterocycles. The summed E-state index contributed by atoms with van der Waals surface area (Å²) in [5.41, 5.74) is 7.80. The van der Waals surface area contributed by atoms with E-state index in [0.29, 0.717) is 5.92 Å². The number of rotatable bonds is 3. The topological polar surface area (TPSA) is 118 Å². The molecule has 8 nitrogen and oxygen atoms in total. The molecule has 1 aromatic carbocycles. The number of piperidine rings is 1. The van der Waals surface area contributed by atoms with Gasteiger partial charge < -0.3 is 20.1 Å². The Balaban J connectivity index is 0.000000151. The summed E-state index contributed by atoms with van der Waals surface area (Å²) in [7, 11) is 0. The van der Waals surface area contributed by atoms with Crippen molar-refractivity contribution in [2.75, 3.05) is 13.1 Å². The Morgan fingerprint density at radius 1 is 1.14 bits per heavy atom. The molecule has 3 N–H and O–H groups in total. The van der Waals surface area contributed by atoms with Crippen LogP contribution in [0.4, 0.5) is 0 Å². The van der Waals surface area contributed by atoms with E-state index in [1.807, 2.05) is 23.1 Å². The molecule has 1 saturated carbocycles. The normalized spacial score (nSPS) is 16.5. The number of hydrogen-bond acceptors (Lipinski definition) is 5. The zero-order valence-electron chi connectivity index (χ0n) is 15.6. The lowest BCUT2D eigenvalue weighted by Gasteiger charge is -2.26. The number of nitrogens with one attached hydrogen (secondary N) is 1. The number of amides is 2. The molecule has 2 fully saturated rings. The molecule has 3 heterocycles. The van der Waals surface area contributed by atoms with E-state index in [1.165, 1.54) is 6.42 Å². The van der Waals surface area contributed by atoms with E-state index in [4.69, 9.17) is 10.3 Å². The Bertz CT molecular complexity index is 983. The summed E-state index contributed by atoms with van der Waals surface area (Å²) in [4.78, 5) is 31.9. The maximum Gasteiger partial charge on any atom is 0.270 e. The second kappa shape index (κ2) is 7.84. The fourth-order valence-corrected chi connectivity index (χ4v) is 3.31. The maximum atomic E-state index is 12.3. The third-order valence-corrected chi connectivity index (χ3v) is 5.07. The monoisotopic (exact) mass is 381 g/mol. The van der Waals surface area contributed by atoms with Crippen LogP contribution in [0.25, 0.3) is 11.0 Å². The Morgan fingerprint density at radius 2 is 1.93 bits per heavy atom. The Labute approximate surface area is 162 Å². The molecular formula is C20H23N5O3. The number of carbonyl (C=O) groups excluding carboxylic acids is 2. The Hall–Kier alpha value is -3.16. The summed E-state index contributed by atoms with van der Waals surface area (Å²) in [6, 6.07) is 7.27. The first-order valence-electron chi connectivity index (χ1n) is 9.60. The average Bonchev–Trinajstić information content (AvgIpc) is 3.26. The van der Waals surface area contributed by atoms with Gasteiger partial charge in [0, 0.05) is 30.6 Å². The maximum absolute atomic E-state index is 12.3. The van der Waals surface area contributed by atoms with Crippen LogP contribution in [0.3, 0.4) is 0 Å². The van der Waals surface area contributed by atoms with E-state index in [2.05, 4.69) is 15.1 Å². The first kappa shape index (κ1) is 18.2. The molecule has 1 aliphatic carbocycles. The van der Waals surface area contributed by atoms with Crippen molar-refractivity contribution in [2.45, 2.75) is 38.0 Å². The van der Waals surface area contributed by atoms with Crippen molar-refractivity contribution < 1.29 is 14.1 Å². The molecule has 5 rings (SSSR count). The fraction of sp³-hybridized carbons (Fsp3) is 0.400. The van der Waals surface area contributed by atoms with Gasteiger partial charge >= 0.3 is 0 Å². The molecule has 8 heteroatoms. The van der Waals surface area contributed by atoms with Gasteiger partial charge in [0.25, 0.3) is 11.8 Å². The molecule has 0 atom stereocenters. The summed E-state index contributed by atoms with van der Waals surface area (Å²) in [5, 5.41) is 3.53. The summed E-state index contributed by atoms with van der Waals surface area (Å²) in [5.74, 6) is 0.885. The lowest BCUT2D eigenvalue weighted by atomic mass is 10.1. The highest BCUT2D eigenvalue weighted by Crippen LogP contribution is 2.40. The SMILES string of the molecule is NC(=O)c1cc(C2CC2)on1.O=C(c1ccc2nc[nH]c2c1)N1CCCCC1. The number of aromatic amines is 1. The predicted octanol–water partition coefficient (Wildman–Crippen LogP) is 2.84. The summed E-state index contributed by atoms with van der Waals surface area (Å²) in [6.45, 7) is 1.78. The molecule has 2 amide bonds. The van der Waals surface area contributed by atoms with Crippen molar-refractivity contribution >= 4 is 22.8 Å². The van der Waals surface area contributed by atoms with Gasteiger partial charge in [-0.05, 0) is 50.3 Å². The van der Waals surface area contributed by atoms with Crippen LogP contribution >= 0.6 is 0 Å². The summed E-state index contributed by atoms with van der Waals surface area (Å²) in [6.07, 6.45) is 7.40. The van der Waals surface area contributed by atoms with E-state index in [0.717, 1.165) is 61.1 Å².